The minimum absolute atomic E-state index is 0. The maximum atomic E-state index is 17.1. The first-order chi connectivity index (χ1) is 14.8. The van der Waals surface area contributed by atoms with Gasteiger partial charge in [0.2, 0.25) is 0 Å². The fraction of sp³-hybridized carbons (Fsp3) is 0.708. The number of alkyl halides is 2. The van der Waals surface area contributed by atoms with Crippen molar-refractivity contribution in [3.8, 4) is 0 Å². The van der Waals surface area contributed by atoms with E-state index in [2.05, 4.69) is 0 Å². The minimum atomic E-state index is -2.25. The Labute approximate surface area is 240 Å². The Morgan fingerprint density at radius 3 is 2.55 bits per heavy atom. The monoisotopic (exact) mass is 506 g/mol. The molecule has 3 fully saturated rings. The molecule has 0 bridgehead atoms. The molecule has 9 atom stereocenters. The summed E-state index contributed by atoms with van der Waals surface area (Å²) in [4.78, 5) is 24.2. The van der Waals surface area contributed by atoms with E-state index in [-0.39, 0.29) is 76.2 Å². The van der Waals surface area contributed by atoms with E-state index in [1.807, 2.05) is 0 Å². The van der Waals surface area contributed by atoms with Gasteiger partial charge in [-0.2, -0.15) is 0 Å². The van der Waals surface area contributed by atoms with Gasteiger partial charge in [-0.05, 0) is 54.9 Å². The zero-order chi connectivity index (χ0) is 23.9. The molecule has 1 N–H and O–H groups in total. The molecule has 4 rings (SSSR count). The number of rotatable bonds is 3. The Bertz CT molecular complexity index is 955. The first-order valence-electron chi connectivity index (χ1n) is 11.2. The van der Waals surface area contributed by atoms with Gasteiger partial charge in [0.1, 0.15) is 11.8 Å². The molecule has 0 heterocycles. The summed E-state index contributed by atoms with van der Waals surface area (Å²) >= 11 is 5.07. The Kier molecular flexibility index (Phi) is 7.36. The third kappa shape index (κ3) is 3.39. The molecule has 0 radical (unpaired) electrons. The van der Waals surface area contributed by atoms with E-state index in [0.717, 1.165) is 6.08 Å². The third-order valence-corrected chi connectivity index (χ3v) is 9.34. The Morgan fingerprint density at radius 1 is 1.33 bits per heavy atom. The van der Waals surface area contributed by atoms with Crippen LogP contribution in [-0.2, 0) is 14.3 Å². The topological polar surface area (TPSA) is 86.7 Å². The van der Waals surface area contributed by atoms with Crippen LogP contribution in [0.5, 0.6) is 0 Å². The van der Waals surface area contributed by atoms with Crippen molar-refractivity contribution in [1.82, 2.24) is 0 Å². The van der Waals surface area contributed by atoms with Crippen LogP contribution >= 0.6 is 12.2 Å². The first kappa shape index (κ1) is 27.6. The van der Waals surface area contributed by atoms with Crippen LogP contribution in [0.25, 0.3) is 0 Å². The molecule has 0 aliphatic heterocycles. The molecule has 33 heavy (non-hydrogen) atoms. The standard InChI is InChI=1S/C24H30F2O5S.K/c1-5-19(29)31-24(20(30)32)12(2)8-14-15-10-17(25)16-9-13(27)6-7-21(16,3)23(15,26)18(28)11-22(14,24)4;/h6-7,9,12,14-15,17-18,28H,5,8,10-11H2,1-4H3,(H,30,32);/q;+1/p-1/t12-,14?,15?,17+,18+,21+,22+,23+,24+;/m1./s1. The SMILES string of the molecule is CCC(=O)O[C@]1(C([O-])=S)[C@H](C)CC2C3C[C@H](F)C4=CC(=O)C=C[C@]4(C)[C@@]3(F)[C@@H](O)C[C@@]21C.[K+]. The van der Waals surface area contributed by atoms with E-state index >= 15 is 8.78 Å². The maximum Gasteiger partial charge on any atom is 1.00 e. The predicted molar refractivity (Wildman–Crippen MR) is 115 cm³/mol. The van der Waals surface area contributed by atoms with E-state index in [9.17, 15) is 19.8 Å². The number of ketones is 1. The molecule has 9 heteroatoms. The van der Waals surface area contributed by atoms with Gasteiger partial charge in [0.25, 0.3) is 0 Å². The summed E-state index contributed by atoms with van der Waals surface area (Å²) in [6, 6.07) is 0. The zero-order valence-electron chi connectivity index (χ0n) is 19.7. The molecule has 0 aromatic rings. The third-order valence-electron chi connectivity index (χ3n) is 9.04. The molecular formula is C24H29F2KO5S. The molecule has 2 unspecified atom stereocenters. The van der Waals surface area contributed by atoms with E-state index in [1.54, 1.807) is 20.8 Å². The second-order valence-corrected chi connectivity index (χ2v) is 10.7. The van der Waals surface area contributed by atoms with Crippen LogP contribution in [0.1, 0.15) is 53.4 Å². The summed E-state index contributed by atoms with van der Waals surface area (Å²) in [7, 11) is 0. The van der Waals surface area contributed by atoms with Crippen LogP contribution in [0, 0.1) is 28.6 Å². The summed E-state index contributed by atoms with van der Waals surface area (Å²) in [5.74, 6) is -3.02. The van der Waals surface area contributed by atoms with E-state index < -0.39 is 68.9 Å². The van der Waals surface area contributed by atoms with Crippen molar-refractivity contribution in [3.63, 3.8) is 0 Å². The van der Waals surface area contributed by atoms with Crippen LogP contribution in [0.4, 0.5) is 8.78 Å². The molecule has 0 amide bonds. The van der Waals surface area contributed by atoms with Gasteiger partial charge in [0.15, 0.2) is 11.5 Å². The smallest absolute Gasteiger partial charge is 0.865 e. The molecule has 4 aliphatic carbocycles. The number of esters is 1. The van der Waals surface area contributed by atoms with Crippen molar-refractivity contribution in [2.45, 2.75) is 76.9 Å². The predicted octanol–water partition coefficient (Wildman–Crippen LogP) is -0.0651. The van der Waals surface area contributed by atoms with Gasteiger partial charge < -0.3 is 14.9 Å². The Morgan fingerprint density at radius 2 is 1.97 bits per heavy atom. The number of thiocarbonyl (C=S) groups is 1. The number of ether oxygens (including phenoxy) is 1. The largest absolute Gasteiger partial charge is 1.00 e. The number of fused-ring (bicyclic) bond motifs is 5. The quantitative estimate of drug-likeness (QED) is 0.328. The number of halogens is 2. The van der Waals surface area contributed by atoms with Crippen molar-refractivity contribution >= 4 is 29.0 Å². The number of carbonyl (C=O) groups is 2. The van der Waals surface area contributed by atoms with Gasteiger partial charge in [-0.3, -0.25) is 9.59 Å². The molecule has 0 aromatic carbocycles. The maximum absolute atomic E-state index is 17.1. The van der Waals surface area contributed by atoms with E-state index in [0.29, 0.717) is 6.42 Å². The van der Waals surface area contributed by atoms with Gasteiger partial charge in [-0.25, -0.2) is 8.78 Å². The molecule has 0 spiro atoms. The zero-order valence-corrected chi connectivity index (χ0v) is 23.6. The fourth-order valence-electron chi connectivity index (χ4n) is 7.47. The van der Waals surface area contributed by atoms with Crippen molar-refractivity contribution < 1.29 is 84.7 Å². The summed E-state index contributed by atoms with van der Waals surface area (Å²) in [6.45, 7) is 6.57. The van der Waals surface area contributed by atoms with Crippen LogP contribution in [-0.4, -0.2) is 45.5 Å². The summed E-state index contributed by atoms with van der Waals surface area (Å²) in [5.41, 5.74) is -6.56. The number of allylic oxidation sites excluding steroid dienone is 4. The molecular weight excluding hydrogens is 477 g/mol. The molecule has 0 aromatic heterocycles. The molecule has 4 aliphatic rings. The summed E-state index contributed by atoms with van der Waals surface area (Å²) < 4.78 is 38.3. The van der Waals surface area contributed by atoms with Gasteiger partial charge in [-0.15, -0.1) is 0 Å². The van der Waals surface area contributed by atoms with Crippen LogP contribution in [0.2, 0.25) is 0 Å². The number of hydrogen-bond acceptors (Lipinski definition) is 6. The van der Waals surface area contributed by atoms with Crippen molar-refractivity contribution in [2.24, 2.45) is 28.6 Å². The number of hydrogen-bond donors (Lipinski definition) is 1. The number of carbonyl (C=O) groups excluding carboxylic acids is 2. The minimum Gasteiger partial charge on any atom is -0.865 e. The van der Waals surface area contributed by atoms with Gasteiger partial charge >= 0.3 is 57.4 Å². The molecule has 0 saturated heterocycles. The first-order valence-corrected chi connectivity index (χ1v) is 11.6. The van der Waals surface area contributed by atoms with Crippen LogP contribution in [0.3, 0.4) is 0 Å². The number of aliphatic hydroxyl groups excluding tert-OH is 1. The molecule has 5 nitrogen and oxygen atoms in total. The molecule has 176 valence electrons. The summed E-state index contributed by atoms with van der Waals surface area (Å²) in [5, 5.41) is 23.4. The molecule has 3 saturated carbocycles. The second kappa shape index (κ2) is 8.82. The van der Waals surface area contributed by atoms with Crippen molar-refractivity contribution in [3.05, 3.63) is 23.8 Å². The van der Waals surface area contributed by atoms with Crippen molar-refractivity contribution in [1.29, 1.82) is 0 Å². The average Bonchev–Trinajstić information content (AvgIpc) is 2.93. The van der Waals surface area contributed by atoms with Gasteiger partial charge in [0, 0.05) is 29.1 Å². The Hall–Kier alpha value is -0.0336. The fourth-order valence-corrected chi connectivity index (χ4v) is 7.95. The second-order valence-electron chi connectivity index (χ2n) is 10.3. The average molecular weight is 507 g/mol. The summed E-state index contributed by atoms with van der Waals surface area (Å²) in [6.07, 6.45) is 0.529. The van der Waals surface area contributed by atoms with Gasteiger partial charge in [0.05, 0.1) is 6.10 Å². The van der Waals surface area contributed by atoms with E-state index in [4.69, 9.17) is 17.0 Å². The van der Waals surface area contributed by atoms with Crippen molar-refractivity contribution in [2.75, 3.05) is 0 Å². The van der Waals surface area contributed by atoms with E-state index in [1.165, 1.54) is 19.1 Å². The van der Waals surface area contributed by atoms with Crippen LogP contribution < -0.4 is 56.5 Å². The number of aliphatic hydroxyl groups is 1. The normalized spacial score (nSPS) is 48.0. The van der Waals surface area contributed by atoms with Gasteiger partial charge in [-0.1, -0.05) is 39.1 Å². The Balaban J connectivity index is 0.00000306. The van der Waals surface area contributed by atoms with Crippen LogP contribution in [0.15, 0.2) is 23.8 Å².